The SMILES string of the molecule is CC(C)(C)CC(C)(C)NC(=O)/C(C#N)=C/c1ccc(O)c(O)c1. The molecule has 1 aromatic rings. The van der Waals surface area contributed by atoms with E-state index in [-0.39, 0.29) is 22.5 Å². The van der Waals surface area contributed by atoms with Crippen LogP contribution >= 0.6 is 0 Å². The van der Waals surface area contributed by atoms with Gasteiger partial charge in [0.05, 0.1) is 0 Å². The highest BCUT2D eigenvalue weighted by Crippen LogP contribution is 2.28. The number of phenolic OH excluding ortho intramolecular Hbond substituents is 2. The molecule has 124 valence electrons. The molecule has 0 radical (unpaired) electrons. The quantitative estimate of drug-likeness (QED) is 0.451. The minimum Gasteiger partial charge on any atom is -0.504 e. The highest BCUT2D eigenvalue weighted by molar-refractivity contribution is 6.02. The molecule has 0 bridgehead atoms. The van der Waals surface area contributed by atoms with Crippen LogP contribution in [0.2, 0.25) is 0 Å². The molecule has 0 heterocycles. The Kier molecular flexibility index (Phi) is 5.44. The van der Waals surface area contributed by atoms with Gasteiger partial charge in [0, 0.05) is 5.54 Å². The summed E-state index contributed by atoms with van der Waals surface area (Å²) in [5.41, 5.74) is -0.0176. The van der Waals surface area contributed by atoms with Gasteiger partial charge in [-0.15, -0.1) is 0 Å². The Morgan fingerprint density at radius 2 is 1.83 bits per heavy atom. The van der Waals surface area contributed by atoms with Crippen molar-refractivity contribution in [2.45, 2.75) is 46.6 Å². The summed E-state index contributed by atoms with van der Waals surface area (Å²) in [7, 11) is 0. The molecule has 0 atom stereocenters. The van der Waals surface area contributed by atoms with Crippen molar-refractivity contribution in [1.29, 1.82) is 5.26 Å². The van der Waals surface area contributed by atoms with E-state index in [2.05, 4.69) is 26.1 Å². The minimum absolute atomic E-state index is 0.0377. The third kappa shape index (κ3) is 6.03. The zero-order valence-corrected chi connectivity index (χ0v) is 14.3. The topological polar surface area (TPSA) is 93.4 Å². The lowest BCUT2D eigenvalue weighted by Gasteiger charge is -2.33. The van der Waals surface area contributed by atoms with Crippen molar-refractivity contribution in [3.05, 3.63) is 29.3 Å². The molecule has 0 aliphatic carbocycles. The first-order valence-corrected chi connectivity index (χ1v) is 7.40. The molecule has 1 rings (SSSR count). The van der Waals surface area contributed by atoms with Gasteiger partial charge in [0.1, 0.15) is 11.6 Å². The number of nitrogens with one attached hydrogen (secondary N) is 1. The van der Waals surface area contributed by atoms with Gasteiger partial charge < -0.3 is 15.5 Å². The first kappa shape index (κ1) is 18.6. The molecule has 0 unspecified atom stereocenters. The van der Waals surface area contributed by atoms with Crippen LogP contribution in [-0.4, -0.2) is 21.7 Å². The molecule has 5 heteroatoms. The van der Waals surface area contributed by atoms with E-state index in [4.69, 9.17) is 0 Å². The lowest BCUT2D eigenvalue weighted by molar-refractivity contribution is -0.118. The summed E-state index contributed by atoms with van der Waals surface area (Å²) in [6.45, 7) is 10.1. The second kappa shape index (κ2) is 6.74. The Balaban J connectivity index is 2.97. The van der Waals surface area contributed by atoms with E-state index in [1.165, 1.54) is 24.3 Å². The highest BCUT2D eigenvalue weighted by atomic mass is 16.3. The Labute approximate surface area is 137 Å². The van der Waals surface area contributed by atoms with Crippen molar-refractivity contribution >= 4 is 12.0 Å². The van der Waals surface area contributed by atoms with Crippen LogP contribution in [0.5, 0.6) is 11.5 Å². The molecule has 1 aromatic carbocycles. The fourth-order valence-electron chi connectivity index (χ4n) is 2.69. The molecule has 3 N–H and O–H groups in total. The fourth-order valence-corrected chi connectivity index (χ4v) is 2.69. The number of carbonyl (C=O) groups is 1. The van der Waals surface area contributed by atoms with Gasteiger partial charge >= 0.3 is 0 Å². The summed E-state index contributed by atoms with van der Waals surface area (Å²) < 4.78 is 0. The second-order valence-electron chi connectivity index (χ2n) is 7.49. The molecule has 0 spiro atoms. The van der Waals surface area contributed by atoms with Gasteiger partial charge in [-0.2, -0.15) is 5.26 Å². The van der Waals surface area contributed by atoms with E-state index < -0.39 is 11.4 Å². The predicted molar refractivity (Wildman–Crippen MR) is 89.7 cm³/mol. The van der Waals surface area contributed by atoms with Crippen LogP contribution in [0.25, 0.3) is 6.08 Å². The van der Waals surface area contributed by atoms with Gasteiger partial charge in [0.2, 0.25) is 0 Å². The van der Waals surface area contributed by atoms with E-state index in [0.29, 0.717) is 5.56 Å². The van der Waals surface area contributed by atoms with Crippen LogP contribution in [0.1, 0.15) is 46.6 Å². The van der Waals surface area contributed by atoms with Crippen LogP contribution in [0.4, 0.5) is 0 Å². The zero-order valence-electron chi connectivity index (χ0n) is 14.3. The molecule has 0 saturated heterocycles. The summed E-state index contributed by atoms with van der Waals surface area (Å²) >= 11 is 0. The summed E-state index contributed by atoms with van der Waals surface area (Å²) in [6, 6.07) is 5.98. The van der Waals surface area contributed by atoms with Crippen LogP contribution in [0.3, 0.4) is 0 Å². The maximum Gasteiger partial charge on any atom is 0.262 e. The molecule has 1 amide bonds. The number of aromatic hydroxyl groups is 2. The number of hydrogen-bond acceptors (Lipinski definition) is 4. The summed E-state index contributed by atoms with van der Waals surface area (Å²) in [4.78, 5) is 12.3. The molecule has 23 heavy (non-hydrogen) atoms. The Morgan fingerprint density at radius 3 is 2.30 bits per heavy atom. The van der Waals surface area contributed by atoms with Crippen LogP contribution in [-0.2, 0) is 4.79 Å². The number of nitriles is 1. The number of hydrogen-bond donors (Lipinski definition) is 3. The standard InChI is InChI=1S/C18H24N2O3/c1-17(2,3)11-18(4,5)20-16(23)13(10-19)8-12-6-7-14(21)15(22)9-12/h6-9,21-22H,11H2,1-5H3,(H,20,23)/b13-8+. The smallest absolute Gasteiger partial charge is 0.262 e. The highest BCUT2D eigenvalue weighted by Gasteiger charge is 2.28. The van der Waals surface area contributed by atoms with Gasteiger partial charge in [0.15, 0.2) is 11.5 Å². The third-order valence-electron chi connectivity index (χ3n) is 3.10. The van der Waals surface area contributed by atoms with E-state index in [0.717, 1.165) is 6.42 Å². The first-order valence-electron chi connectivity index (χ1n) is 7.40. The monoisotopic (exact) mass is 316 g/mol. The van der Waals surface area contributed by atoms with Gasteiger partial charge in [0.25, 0.3) is 5.91 Å². The Bertz CT molecular complexity index is 662. The molecular weight excluding hydrogens is 292 g/mol. The molecule has 0 aliphatic heterocycles. The number of benzene rings is 1. The van der Waals surface area contributed by atoms with Crippen molar-refractivity contribution in [3.8, 4) is 17.6 Å². The molecule has 0 aliphatic rings. The maximum atomic E-state index is 12.3. The van der Waals surface area contributed by atoms with Gasteiger partial charge in [-0.25, -0.2) is 0 Å². The number of amides is 1. The van der Waals surface area contributed by atoms with Crippen molar-refractivity contribution in [1.82, 2.24) is 5.32 Å². The predicted octanol–water partition coefficient (Wildman–Crippen LogP) is 3.34. The first-order chi connectivity index (χ1) is 10.4. The van der Waals surface area contributed by atoms with E-state index in [9.17, 15) is 20.3 Å². The number of nitrogens with zero attached hydrogens (tertiary/aromatic N) is 1. The van der Waals surface area contributed by atoms with Crippen LogP contribution in [0.15, 0.2) is 23.8 Å². The van der Waals surface area contributed by atoms with E-state index >= 15 is 0 Å². The van der Waals surface area contributed by atoms with E-state index in [1.54, 1.807) is 0 Å². The van der Waals surface area contributed by atoms with Crippen molar-refractivity contribution in [2.75, 3.05) is 0 Å². The second-order valence-corrected chi connectivity index (χ2v) is 7.49. The number of phenols is 2. The lowest BCUT2D eigenvalue weighted by Crippen LogP contribution is -2.46. The van der Waals surface area contributed by atoms with E-state index in [1.807, 2.05) is 19.9 Å². The number of carbonyl (C=O) groups excluding carboxylic acids is 1. The summed E-state index contributed by atoms with van der Waals surface area (Å²) in [6.07, 6.45) is 2.13. The van der Waals surface area contributed by atoms with Crippen LogP contribution < -0.4 is 5.32 Å². The normalized spacial score (nSPS) is 12.6. The maximum absolute atomic E-state index is 12.3. The average Bonchev–Trinajstić information content (AvgIpc) is 2.36. The Morgan fingerprint density at radius 1 is 1.22 bits per heavy atom. The van der Waals surface area contributed by atoms with Gasteiger partial charge in [-0.3, -0.25) is 4.79 Å². The van der Waals surface area contributed by atoms with Gasteiger partial charge in [-0.1, -0.05) is 26.8 Å². The fraction of sp³-hybridized carbons (Fsp3) is 0.444. The van der Waals surface area contributed by atoms with Crippen molar-refractivity contribution < 1.29 is 15.0 Å². The van der Waals surface area contributed by atoms with Crippen LogP contribution in [0, 0.1) is 16.7 Å². The summed E-state index contributed by atoms with van der Waals surface area (Å²) in [5.74, 6) is -1.02. The summed E-state index contributed by atoms with van der Waals surface area (Å²) in [5, 5.41) is 30.9. The Hall–Kier alpha value is -2.48. The minimum atomic E-state index is -0.464. The molecule has 0 saturated carbocycles. The molecule has 0 fully saturated rings. The average molecular weight is 316 g/mol. The van der Waals surface area contributed by atoms with Gasteiger partial charge in [-0.05, 0) is 49.5 Å². The molecule has 5 nitrogen and oxygen atoms in total. The molecular formula is C18H24N2O3. The third-order valence-corrected chi connectivity index (χ3v) is 3.10. The van der Waals surface area contributed by atoms with Crippen molar-refractivity contribution in [3.63, 3.8) is 0 Å². The zero-order chi connectivity index (χ0) is 17.8. The van der Waals surface area contributed by atoms with Crippen molar-refractivity contribution in [2.24, 2.45) is 5.41 Å². The largest absolute Gasteiger partial charge is 0.504 e. The lowest BCUT2D eigenvalue weighted by atomic mass is 9.81. The molecule has 0 aromatic heterocycles. The number of rotatable bonds is 4.